The zero-order chi connectivity index (χ0) is 14.5. The minimum absolute atomic E-state index is 0.101. The Balaban J connectivity index is 1.83. The van der Waals surface area contributed by atoms with Gasteiger partial charge in [-0.2, -0.15) is 0 Å². The summed E-state index contributed by atoms with van der Waals surface area (Å²) in [6.07, 6.45) is 3.49. The number of rotatable bonds is 5. The average molecular weight is 276 g/mol. The van der Waals surface area contributed by atoms with E-state index in [1.807, 2.05) is 12.1 Å². The lowest BCUT2D eigenvalue weighted by Crippen LogP contribution is -2.32. The molecule has 0 saturated heterocycles. The molecule has 0 heterocycles. The molecular weight excluding hydrogens is 252 g/mol. The standard InChI is InChI=1S/C16H24N2O2/c1-11-3-6-15(20-2)12(9-11)7-8-18-16(19)13-4-5-14(17)10-13/h3,6,9,13-14H,4-5,7-8,10,17H2,1-2H3,(H,18,19). The van der Waals surface area contributed by atoms with Crippen molar-refractivity contribution in [2.45, 2.75) is 38.6 Å². The van der Waals surface area contributed by atoms with Gasteiger partial charge in [-0.25, -0.2) is 0 Å². The predicted molar refractivity (Wildman–Crippen MR) is 79.8 cm³/mol. The molecule has 4 heteroatoms. The van der Waals surface area contributed by atoms with Crippen LogP contribution in [0.2, 0.25) is 0 Å². The van der Waals surface area contributed by atoms with Gasteiger partial charge in [0, 0.05) is 18.5 Å². The number of carbonyl (C=O) groups is 1. The third-order valence-corrected chi connectivity index (χ3v) is 3.97. The molecule has 3 N–H and O–H groups in total. The third-order valence-electron chi connectivity index (χ3n) is 3.97. The Bertz CT molecular complexity index is 474. The van der Waals surface area contributed by atoms with Crippen LogP contribution in [0.15, 0.2) is 18.2 Å². The van der Waals surface area contributed by atoms with E-state index in [1.54, 1.807) is 7.11 Å². The van der Waals surface area contributed by atoms with Crippen LogP contribution in [0.1, 0.15) is 30.4 Å². The van der Waals surface area contributed by atoms with Crippen LogP contribution >= 0.6 is 0 Å². The lowest BCUT2D eigenvalue weighted by Gasteiger charge is -2.12. The average Bonchev–Trinajstić information content (AvgIpc) is 2.86. The van der Waals surface area contributed by atoms with Crippen molar-refractivity contribution in [1.82, 2.24) is 5.32 Å². The van der Waals surface area contributed by atoms with E-state index in [1.165, 1.54) is 5.56 Å². The van der Waals surface area contributed by atoms with Crippen molar-refractivity contribution in [3.8, 4) is 5.75 Å². The number of carbonyl (C=O) groups excluding carboxylic acids is 1. The number of nitrogens with two attached hydrogens (primary N) is 1. The first-order chi connectivity index (χ1) is 9.60. The molecule has 2 atom stereocenters. The van der Waals surface area contributed by atoms with Crippen molar-refractivity contribution >= 4 is 5.91 Å². The molecule has 20 heavy (non-hydrogen) atoms. The van der Waals surface area contributed by atoms with Crippen LogP contribution in [-0.2, 0) is 11.2 Å². The van der Waals surface area contributed by atoms with Gasteiger partial charge in [0.2, 0.25) is 5.91 Å². The molecule has 0 spiro atoms. The van der Waals surface area contributed by atoms with Crippen LogP contribution < -0.4 is 15.8 Å². The maximum atomic E-state index is 12.0. The lowest BCUT2D eigenvalue weighted by molar-refractivity contribution is -0.124. The van der Waals surface area contributed by atoms with Crippen LogP contribution in [0, 0.1) is 12.8 Å². The Hall–Kier alpha value is -1.55. The van der Waals surface area contributed by atoms with E-state index in [0.29, 0.717) is 6.54 Å². The number of hydrogen-bond donors (Lipinski definition) is 2. The number of ether oxygens (including phenoxy) is 1. The van der Waals surface area contributed by atoms with E-state index in [2.05, 4.69) is 18.3 Å². The molecule has 1 saturated carbocycles. The molecule has 1 aliphatic carbocycles. The van der Waals surface area contributed by atoms with Gasteiger partial charge < -0.3 is 15.8 Å². The molecule has 4 nitrogen and oxygen atoms in total. The number of hydrogen-bond acceptors (Lipinski definition) is 3. The largest absolute Gasteiger partial charge is 0.496 e. The van der Waals surface area contributed by atoms with Crippen molar-refractivity contribution < 1.29 is 9.53 Å². The van der Waals surface area contributed by atoms with Crippen molar-refractivity contribution in [1.29, 1.82) is 0 Å². The van der Waals surface area contributed by atoms with Crippen molar-refractivity contribution in [3.63, 3.8) is 0 Å². The van der Waals surface area contributed by atoms with Gasteiger partial charge in [0.1, 0.15) is 5.75 Å². The molecule has 1 aromatic carbocycles. The summed E-state index contributed by atoms with van der Waals surface area (Å²) in [5, 5.41) is 3.01. The topological polar surface area (TPSA) is 64.3 Å². The summed E-state index contributed by atoms with van der Waals surface area (Å²) < 4.78 is 5.34. The minimum Gasteiger partial charge on any atom is -0.496 e. The van der Waals surface area contributed by atoms with Gasteiger partial charge in [0.15, 0.2) is 0 Å². The van der Waals surface area contributed by atoms with Gasteiger partial charge >= 0.3 is 0 Å². The van der Waals surface area contributed by atoms with Crippen LogP contribution in [-0.4, -0.2) is 25.6 Å². The highest BCUT2D eigenvalue weighted by molar-refractivity contribution is 5.79. The lowest BCUT2D eigenvalue weighted by atomic mass is 10.1. The normalized spacial score (nSPS) is 21.8. The zero-order valence-corrected chi connectivity index (χ0v) is 12.3. The number of aryl methyl sites for hydroxylation is 1. The van der Waals surface area contributed by atoms with Crippen LogP contribution in [0.25, 0.3) is 0 Å². The number of benzene rings is 1. The Labute approximate surface area is 120 Å². The SMILES string of the molecule is COc1ccc(C)cc1CCNC(=O)C1CCC(N)C1. The molecule has 1 aromatic rings. The number of methoxy groups -OCH3 is 1. The third kappa shape index (κ3) is 3.73. The van der Waals surface area contributed by atoms with Gasteiger partial charge in [0.25, 0.3) is 0 Å². The highest BCUT2D eigenvalue weighted by atomic mass is 16.5. The molecule has 0 radical (unpaired) electrons. The van der Waals surface area contributed by atoms with Crippen LogP contribution in [0.5, 0.6) is 5.75 Å². The quantitative estimate of drug-likeness (QED) is 0.861. The molecule has 0 aromatic heterocycles. The summed E-state index contributed by atoms with van der Waals surface area (Å²) in [5.74, 6) is 1.13. The van der Waals surface area contributed by atoms with Gasteiger partial charge in [-0.15, -0.1) is 0 Å². The fourth-order valence-corrected chi connectivity index (χ4v) is 2.82. The van der Waals surface area contributed by atoms with Crippen molar-refractivity contribution in [3.05, 3.63) is 29.3 Å². The summed E-state index contributed by atoms with van der Waals surface area (Å²) in [7, 11) is 1.67. The Kier molecular flexibility index (Phi) is 5.01. The summed E-state index contributed by atoms with van der Waals surface area (Å²) in [4.78, 5) is 12.0. The molecule has 1 fully saturated rings. The smallest absolute Gasteiger partial charge is 0.223 e. The summed E-state index contributed by atoms with van der Waals surface area (Å²) >= 11 is 0. The maximum absolute atomic E-state index is 12.0. The van der Waals surface area contributed by atoms with Gasteiger partial charge in [0.05, 0.1) is 7.11 Å². The Morgan fingerprint density at radius 3 is 2.90 bits per heavy atom. The molecule has 0 bridgehead atoms. The Morgan fingerprint density at radius 2 is 2.25 bits per heavy atom. The van der Waals surface area contributed by atoms with Crippen LogP contribution in [0.3, 0.4) is 0 Å². The highest BCUT2D eigenvalue weighted by Gasteiger charge is 2.27. The molecular formula is C16H24N2O2. The number of nitrogens with one attached hydrogen (secondary N) is 1. The van der Waals surface area contributed by atoms with Crippen molar-refractivity contribution in [2.75, 3.05) is 13.7 Å². The first-order valence-electron chi connectivity index (χ1n) is 7.27. The zero-order valence-electron chi connectivity index (χ0n) is 12.3. The second-order valence-electron chi connectivity index (χ2n) is 5.63. The van der Waals surface area contributed by atoms with E-state index in [0.717, 1.165) is 37.0 Å². The van der Waals surface area contributed by atoms with E-state index >= 15 is 0 Å². The molecule has 2 rings (SSSR count). The highest BCUT2D eigenvalue weighted by Crippen LogP contribution is 2.24. The molecule has 1 aliphatic rings. The van der Waals surface area contributed by atoms with E-state index in [-0.39, 0.29) is 17.9 Å². The minimum atomic E-state index is 0.101. The fourth-order valence-electron chi connectivity index (χ4n) is 2.82. The van der Waals surface area contributed by atoms with Gasteiger partial charge in [-0.1, -0.05) is 17.7 Å². The summed E-state index contributed by atoms with van der Waals surface area (Å²) in [6.45, 7) is 2.70. The monoisotopic (exact) mass is 276 g/mol. The predicted octanol–water partition coefficient (Wildman–Crippen LogP) is 1.79. The molecule has 0 aliphatic heterocycles. The second-order valence-corrected chi connectivity index (χ2v) is 5.63. The van der Waals surface area contributed by atoms with E-state index in [9.17, 15) is 4.79 Å². The van der Waals surface area contributed by atoms with E-state index < -0.39 is 0 Å². The number of amides is 1. The van der Waals surface area contributed by atoms with Gasteiger partial charge in [-0.3, -0.25) is 4.79 Å². The first kappa shape index (κ1) is 14.9. The molecule has 1 amide bonds. The van der Waals surface area contributed by atoms with Crippen LogP contribution in [0.4, 0.5) is 0 Å². The molecule has 110 valence electrons. The van der Waals surface area contributed by atoms with Crippen molar-refractivity contribution in [2.24, 2.45) is 11.7 Å². The molecule has 2 unspecified atom stereocenters. The van der Waals surface area contributed by atoms with Gasteiger partial charge in [-0.05, 0) is 44.2 Å². The Morgan fingerprint density at radius 1 is 1.45 bits per heavy atom. The second kappa shape index (κ2) is 6.75. The maximum Gasteiger partial charge on any atom is 0.223 e. The first-order valence-corrected chi connectivity index (χ1v) is 7.27. The summed E-state index contributed by atoms with van der Waals surface area (Å²) in [6, 6.07) is 6.31. The fraction of sp³-hybridized carbons (Fsp3) is 0.562. The summed E-state index contributed by atoms with van der Waals surface area (Å²) in [5.41, 5.74) is 8.18. The van der Waals surface area contributed by atoms with E-state index in [4.69, 9.17) is 10.5 Å².